The number of rotatable bonds is 6. The van der Waals surface area contributed by atoms with Crippen LogP contribution in [-0.2, 0) is 9.53 Å². The lowest BCUT2D eigenvalue weighted by Gasteiger charge is -2.26. The number of ether oxygens (including phenoxy) is 3. The number of carbonyl (C=O) groups is 1. The zero-order valence-electron chi connectivity index (χ0n) is 21.4. The number of carbonyl (C=O) groups excluding carboxylic acids is 1. The Labute approximate surface area is 235 Å². The summed E-state index contributed by atoms with van der Waals surface area (Å²) >= 11 is 1.01. The van der Waals surface area contributed by atoms with Crippen LogP contribution in [-0.4, -0.2) is 28.9 Å². The molecule has 0 aliphatic carbocycles. The SMILES string of the molecule is CCOC(=O)C1=C(c2ccccc2)N=c2s/c(=C/c3cccc([N+](=O)[O-])c3[O-])c(=O)n2[C@H]1c1ccc2c(c1)OCO2. The first-order chi connectivity index (χ1) is 19.9. The van der Waals surface area contributed by atoms with Crippen molar-refractivity contribution in [2.24, 2.45) is 4.99 Å². The molecular weight excluding hydrogens is 550 g/mol. The van der Waals surface area contributed by atoms with Gasteiger partial charge in [0.15, 0.2) is 16.3 Å². The topological polar surface area (TPSA) is 145 Å². The van der Waals surface area contributed by atoms with E-state index in [0.717, 1.165) is 17.4 Å². The lowest BCUT2D eigenvalue weighted by atomic mass is 9.93. The quantitative estimate of drug-likeness (QED) is 0.195. The number of para-hydroxylation sites is 1. The highest BCUT2D eigenvalue weighted by Crippen LogP contribution is 2.40. The average Bonchev–Trinajstić information content (AvgIpc) is 3.57. The molecular formula is C29H20N3O8S-. The first-order valence-electron chi connectivity index (χ1n) is 12.5. The summed E-state index contributed by atoms with van der Waals surface area (Å²) in [7, 11) is 0. The molecule has 1 aromatic heterocycles. The van der Waals surface area contributed by atoms with E-state index in [0.29, 0.717) is 28.3 Å². The number of fused-ring (bicyclic) bond motifs is 2. The summed E-state index contributed by atoms with van der Waals surface area (Å²) in [6.07, 6.45) is 1.31. The highest BCUT2D eigenvalue weighted by molar-refractivity contribution is 7.07. The molecule has 2 aliphatic rings. The molecule has 4 aromatic rings. The van der Waals surface area contributed by atoms with Gasteiger partial charge in [0.1, 0.15) is 0 Å². The van der Waals surface area contributed by atoms with Gasteiger partial charge in [0.2, 0.25) is 6.79 Å². The van der Waals surface area contributed by atoms with E-state index in [1.165, 1.54) is 22.8 Å². The molecule has 0 spiro atoms. The van der Waals surface area contributed by atoms with Gasteiger partial charge >= 0.3 is 5.97 Å². The largest absolute Gasteiger partial charge is 0.867 e. The van der Waals surface area contributed by atoms with Crippen molar-refractivity contribution in [1.82, 2.24) is 4.57 Å². The number of hydrogen-bond donors (Lipinski definition) is 0. The molecule has 11 nitrogen and oxygen atoms in total. The zero-order chi connectivity index (χ0) is 28.7. The van der Waals surface area contributed by atoms with Crippen LogP contribution in [0.25, 0.3) is 11.8 Å². The molecule has 1 atom stereocenters. The Morgan fingerprint density at radius 3 is 2.68 bits per heavy atom. The minimum atomic E-state index is -0.964. The highest BCUT2D eigenvalue weighted by atomic mass is 32.1. The van der Waals surface area contributed by atoms with Crippen LogP contribution in [0, 0.1) is 10.1 Å². The third-order valence-electron chi connectivity index (χ3n) is 6.59. The highest BCUT2D eigenvalue weighted by Gasteiger charge is 2.36. The Hall–Kier alpha value is -5.23. The van der Waals surface area contributed by atoms with Gasteiger partial charge in [-0.25, -0.2) is 9.79 Å². The van der Waals surface area contributed by atoms with Gasteiger partial charge in [-0.1, -0.05) is 59.9 Å². The van der Waals surface area contributed by atoms with E-state index < -0.39 is 33.9 Å². The van der Waals surface area contributed by atoms with Gasteiger partial charge in [-0.2, -0.15) is 0 Å². The fourth-order valence-corrected chi connectivity index (χ4v) is 5.77. The Morgan fingerprint density at radius 2 is 1.93 bits per heavy atom. The third kappa shape index (κ3) is 4.53. The lowest BCUT2D eigenvalue weighted by Crippen LogP contribution is -2.40. The van der Waals surface area contributed by atoms with Crippen LogP contribution in [0.15, 0.2) is 82.1 Å². The second kappa shape index (κ2) is 10.4. The minimum Gasteiger partial charge on any atom is -0.867 e. The van der Waals surface area contributed by atoms with Crippen LogP contribution in [0.2, 0.25) is 0 Å². The number of thiazole rings is 1. The molecule has 0 bridgehead atoms. The molecule has 6 rings (SSSR count). The minimum absolute atomic E-state index is 0.0167. The maximum atomic E-state index is 14.0. The van der Waals surface area contributed by atoms with Crippen molar-refractivity contribution < 1.29 is 29.0 Å². The average molecular weight is 571 g/mol. The van der Waals surface area contributed by atoms with Crippen molar-refractivity contribution in [2.45, 2.75) is 13.0 Å². The van der Waals surface area contributed by atoms with Gasteiger partial charge in [-0.3, -0.25) is 19.5 Å². The first kappa shape index (κ1) is 26.0. The molecule has 0 fully saturated rings. The Morgan fingerprint density at radius 1 is 1.15 bits per heavy atom. The van der Waals surface area contributed by atoms with E-state index in [1.807, 2.05) is 18.2 Å². The van der Waals surface area contributed by atoms with Crippen molar-refractivity contribution in [3.63, 3.8) is 0 Å². The van der Waals surface area contributed by atoms with Crippen LogP contribution in [0.4, 0.5) is 5.69 Å². The number of nitro benzene ring substituents is 1. The second-order valence-corrected chi connectivity index (χ2v) is 10.0. The normalized spacial score (nSPS) is 15.8. The van der Waals surface area contributed by atoms with E-state index in [1.54, 1.807) is 37.3 Å². The maximum Gasteiger partial charge on any atom is 0.338 e. The molecule has 0 saturated carbocycles. The predicted molar refractivity (Wildman–Crippen MR) is 146 cm³/mol. The number of esters is 1. The molecule has 0 radical (unpaired) electrons. The smallest absolute Gasteiger partial charge is 0.338 e. The Balaban J connectivity index is 1.65. The number of nitro groups is 1. The molecule has 3 heterocycles. The molecule has 3 aromatic carbocycles. The molecule has 0 unspecified atom stereocenters. The number of hydrogen-bond acceptors (Lipinski definition) is 10. The molecule has 0 saturated heterocycles. The number of nitrogens with zero attached hydrogens (tertiary/aromatic N) is 3. The number of benzene rings is 3. The molecule has 0 N–H and O–H groups in total. The maximum absolute atomic E-state index is 14.0. The van der Waals surface area contributed by atoms with E-state index in [2.05, 4.69) is 0 Å². The van der Waals surface area contributed by atoms with E-state index in [4.69, 9.17) is 19.2 Å². The monoisotopic (exact) mass is 570 g/mol. The summed E-state index contributed by atoms with van der Waals surface area (Å²) in [5.74, 6) is -0.473. The van der Waals surface area contributed by atoms with Crippen LogP contribution in [0.5, 0.6) is 17.2 Å². The van der Waals surface area contributed by atoms with Gasteiger partial charge in [0, 0.05) is 11.6 Å². The van der Waals surface area contributed by atoms with Crippen molar-refractivity contribution in [2.75, 3.05) is 13.4 Å². The van der Waals surface area contributed by atoms with E-state index in [-0.39, 0.29) is 33.9 Å². The zero-order valence-corrected chi connectivity index (χ0v) is 22.3. The van der Waals surface area contributed by atoms with Crippen LogP contribution in [0.1, 0.15) is 29.7 Å². The molecule has 0 amide bonds. The van der Waals surface area contributed by atoms with Crippen molar-refractivity contribution in [3.05, 3.63) is 119 Å². The Bertz CT molecular complexity index is 1930. The molecule has 206 valence electrons. The molecule has 2 aliphatic heterocycles. The van der Waals surface area contributed by atoms with E-state index in [9.17, 15) is 24.8 Å². The predicted octanol–water partition coefficient (Wildman–Crippen LogP) is 2.65. The van der Waals surface area contributed by atoms with Crippen LogP contribution < -0.4 is 29.5 Å². The lowest BCUT2D eigenvalue weighted by molar-refractivity contribution is -0.398. The van der Waals surface area contributed by atoms with Crippen LogP contribution >= 0.6 is 11.3 Å². The van der Waals surface area contributed by atoms with Crippen molar-refractivity contribution >= 4 is 34.8 Å². The fraction of sp³-hybridized carbons (Fsp3) is 0.138. The summed E-state index contributed by atoms with van der Waals surface area (Å²) in [5, 5.41) is 24.0. The van der Waals surface area contributed by atoms with Gasteiger partial charge in [-0.15, -0.1) is 0 Å². The van der Waals surface area contributed by atoms with Crippen molar-refractivity contribution in [1.29, 1.82) is 0 Å². The van der Waals surface area contributed by atoms with Gasteiger partial charge < -0.3 is 19.3 Å². The van der Waals surface area contributed by atoms with Gasteiger partial charge in [0.05, 0.1) is 33.4 Å². The number of aromatic nitrogens is 1. The molecule has 12 heteroatoms. The molecule has 41 heavy (non-hydrogen) atoms. The Kier molecular flexibility index (Phi) is 6.59. The van der Waals surface area contributed by atoms with E-state index >= 15 is 0 Å². The van der Waals surface area contributed by atoms with Crippen LogP contribution in [0.3, 0.4) is 0 Å². The summed E-state index contributed by atoms with van der Waals surface area (Å²) in [6.45, 7) is 1.82. The summed E-state index contributed by atoms with van der Waals surface area (Å²) in [5.41, 5.74) is 0.525. The third-order valence-corrected chi connectivity index (χ3v) is 7.58. The van der Waals surface area contributed by atoms with Gasteiger partial charge in [0.25, 0.3) is 11.2 Å². The fourth-order valence-electron chi connectivity index (χ4n) is 4.78. The first-order valence-corrected chi connectivity index (χ1v) is 13.3. The summed E-state index contributed by atoms with van der Waals surface area (Å²) < 4.78 is 18.0. The summed E-state index contributed by atoms with van der Waals surface area (Å²) in [4.78, 5) is 43.0. The second-order valence-electron chi connectivity index (χ2n) is 9.00. The standard InChI is InChI=1S/C29H21N3O8S/c1-2-38-28(35)23-24(16-7-4-3-5-8-16)30-29-31(25(23)17-11-12-20-21(13-17)40-15-39-20)27(34)22(41-29)14-18-9-6-10-19(26(18)33)32(36)37/h3-14,25,33H,2,15H2,1H3/p-1/b22-14+/t25-/m0/s1. The van der Waals surface area contributed by atoms with Crippen molar-refractivity contribution in [3.8, 4) is 17.2 Å². The van der Waals surface area contributed by atoms with Gasteiger partial charge in [-0.05, 0) is 42.0 Å². The summed E-state index contributed by atoms with van der Waals surface area (Å²) in [6, 6.07) is 17.1.